The van der Waals surface area contributed by atoms with Crippen molar-refractivity contribution in [2.24, 2.45) is 5.92 Å². The number of carbonyl (C=O) groups excluding carboxylic acids is 2. The summed E-state index contributed by atoms with van der Waals surface area (Å²) in [5, 5.41) is 0. The Hall–Kier alpha value is -1.26. The first-order valence-corrected chi connectivity index (χ1v) is 9.52. The quantitative estimate of drug-likeness (QED) is 0.719. The van der Waals surface area contributed by atoms with E-state index in [4.69, 9.17) is 4.74 Å². The van der Waals surface area contributed by atoms with Crippen LogP contribution in [0.4, 0.5) is 4.79 Å². The van der Waals surface area contributed by atoms with Crippen LogP contribution >= 0.6 is 0 Å². The number of likely N-dealkylation sites (tertiary alicyclic amines) is 1. The Bertz CT molecular complexity index is 428. The highest BCUT2D eigenvalue weighted by atomic mass is 16.6. The molecule has 2 fully saturated rings. The molecule has 2 aliphatic rings. The molecule has 1 saturated carbocycles. The fraction of sp³-hybridized carbons (Fsp3) is 0.895. The van der Waals surface area contributed by atoms with Crippen LogP contribution in [0.3, 0.4) is 0 Å². The molecule has 0 bridgehead atoms. The van der Waals surface area contributed by atoms with Crippen molar-refractivity contribution in [1.82, 2.24) is 9.80 Å². The van der Waals surface area contributed by atoms with Gasteiger partial charge in [-0.2, -0.15) is 0 Å². The standard InChI is InChI=1S/C19H34N2O3/c1-19(2,3)24-18(23)21-13-11-15(12-14-21)17(22)20(4)16-9-7-5-6-8-10-16/h15-16H,5-14H2,1-4H3. The summed E-state index contributed by atoms with van der Waals surface area (Å²) in [5.41, 5.74) is -0.469. The summed E-state index contributed by atoms with van der Waals surface area (Å²) >= 11 is 0. The monoisotopic (exact) mass is 338 g/mol. The number of rotatable bonds is 2. The van der Waals surface area contributed by atoms with Gasteiger partial charge in [0.15, 0.2) is 0 Å². The van der Waals surface area contributed by atoms with Crippen molar-refractivity contribution in [2.45, 2.75) is 83.8 Å². The summed E-state index contributed by atoms with van der Waals surface area (Å²) in [7, 11) is 1.97. The van der Waals surface area contributed by atoms with Crippen molar-refractivity contribution in [3.63, 3.8) is 0 Å². The lowest BCUT2D eigenvalue weighted by molar-refractivity contribution is -0.138. The van der Waals surface area contributed by atoms with E-state index in [1.54, 1.807) is 4.90 Å². The Morgan fingerprint density at radius 3 is 2.00 bits per heavy atom. The van der Waals surface area contributed by atoms with Gasteiger partial charge in [0.1, 0.15) is 5.60 Å². The normalized spacial score (nSPS) is 21.2. The number of hydrogen-bond donors (Lipinski definition) is 0. The lowest BCUT2D eigenvalue weighted by atomic mass is 9.94. The van der Waals surface area contributed by atoms with Crippen LogP contribution in [0.5, 0.6) is 0 Å². The first-order chi connectivity index (χ1) is 11.3. The van der Waals surface area contributed by atoms with Crippen LogP contribution in [0.25, 0.3) is 0 Å². The summed E-state index contributed by atoms with van der Waals surface area (Å²) in [6.07, 6.45) is 8.58. The van der Waals surface area contributed by atoms with E-state index in [-0.39, 0.29) is 17.9 Å². The molecule has 0 aromatic heterocycles. The van der Waals surface area contributed by atoms with E-state index in [0.29, 0.717) is 19.1 Å². The molecule has 0 spiro atoms. The zero-order chi connectivity index (χ0) is 17.7. The Kier molecular flexibility index (Phi) is 6.53. The molecule has 138 valence electrons. The zero-order valence-corrected chi connectivity index (χ0v) is 15.8. The lowest BCUT2D eigenvalue weighted by Gasteiger charge is -2.36. The second kappa shape index (κ2) is 8.21. The molecule has 0 radical (unpaired) electrons. The van der Waals surface area contributed by atoms with Gasteiger partial charge in [-0.1, -0.05) is 25.7 Å². The van der Waals surface area contributed by atoms with Gasteiger partial charge in [-0.25, -0.2) is 4.79 Å². The van der Waals surface area contributed by atoms with E-state index in [2.05, 4.69) is 0 Å². The minimum absolute atomic E-state index is 0.0527. The Balaban J connectivity index is 1.82. The van der Waals surface area contributed by atoms with Crippen LogP contribution in [0.2, 0.25) is 0 Å². The van der Waals surface area contributed by atoms with Gasteiger partial charge in [-0.3, -0.25) is 4.79 Å². The summed E-state index contributed by atoms with van der Waals surface area (Å²) in [5.74, 6) is 0.322. The van der Waals surface area contributed by atoms with Gasteiger partial charge in [0, 0.05) is 32.1 Å². The molecule has 1 heterocycles. The predicted octanol–water partition coefficient (Wildman–Crippen LogP) is 3.81. The number of nitrogens with zero attached hydrogens (tertiary/aromatic N) is 2. The molecule has 1 aliphatic carbocycles. The third kappa shape index (κ3) is 5.38. The predicted molar refractivity (Wildman–Crippen MR) is 94.8 cm³/mol. The molecular formula is C19H34N2O3. The highest BCUT2D eigenvalue weighted by Gasteiger charge is 2.33. The van der Waals surface area contributed by atoms with Crippen molar-refractivity contribution in [2.75, 3.05) is 20.1 Å². The van der Waals surface area contributed by atoms with Crippen LogP contribution in [0.15, 0.2) is 0 Å². The molecule has 5 nitrogen and oxygen atoms in total. The Labute approximate surface area is 146 Å². The maximum absolute atomic E-state index is 12.8. The summed E-state index contributed by atoms with van der Waals surface area (Å²) in [6.45, 7) is 6.86. The van der Waals surface area contributed by atoms with Gasteiger partial charge in [0.2, 0.25) is 5.91 Å². The number of carbonyl (C=O) groups is 2. The molecule has 24 heavy (non-hydrogen) atoms. The van der Waals surface area contributed by atoms with Crippen LogP contribution in [0, 0.1) is 5.92 Å². The fourth-order valence-electron chi connectivity index (χ4n) is 3.75. The smallest absolute Gasteiger partial charge is 0.410 e. The maximum Gasteiger partial charge on any atom is 0.410 e. The minimum atomic E-state index is -0.469. The third-order valence-corrected chi connectivity index (χ3v) is 5.22. The number of hydrogen-bond acceptors (Lipinski definition) is 3. The second-order valence-corrected chi connectivity index (χ2v) is 8.34. The highest BCUT2D eigenvalue weighted by molar-refractivity contribution is 5.79. The molecule has 2 rings (SSSR count). The minimum Gasteiger partial charge on any atom is -0.444 e. The van der Waals surface area contributed by atoms with E-state index in [9.17, 15) is 9.59 Å². The van der Waals surface area contributed by atoms with Crippen molar-refractivity contribution in [1.29, 1.82) is 0 Å². The summed E-state index contributed by atoms with van der Waals surface area (Å²) in [4.78, 5) is 28.7. The number of piperidine rings is 1. The molecule has 1 saturated heterocycles. The van der Waals surface area contributed by atoms with Crippen LogP contribution < -0.4 is 0 Å². The van der Waals surface area contributed by atoms with Crippen LogP contribution in [-0.2, 0) is 9.53 Å². The average Bonchev–Trinajstić information content (AvgIpc) is 2.81. The Morgan fingerprint density at radius 1 is 0.958 bits per heavy atom. The van der Waals surface area contributed by atoms with Crippen LogP contribution in [-0.4, -0.2) is 53.6 Å². The largest absolute Gasteiger partial charge is 0.444 e. The fourth-order valence-corrected chi connectivity index (χ4v) is 3.75. The highest BCUT2D eigenvalue weighted by Crippen LogP contribution is 2.26. The first kappa shape index (κ1) is 19.1. The van der Waals surface area contributed by atoms with Crippen LogP contribution in [0.1, 0.15) is 72.1 Å². The average molecular weight is 338 g/mol. The van der Waals surface area contributed by atoms with Crippen molar-refractivity contribution in [3.05, 3.63) is 0 Å². The summed E-state index contributed by atoms with van der Waals surface area (Å²) < 4.78 is 5.42. The number of ether oxygens (including phenoxy) is 1. The van der Waals surface area contributed by atoms with Gasteiger partial charge in [-0.05, 0) is 46.5 Å². The molecule has 1 aliphatic heterocycles. The van der Waals surface area contributed by atoms with Gasteiger partial charge >= 0.3 is 6.09 Å². The molecular weight excluding hydrogens is 304 g/mol. The molecule has 0 unspecified atom stereocenters. The first-order valence-electron chi connectivity index (χ1n) is 9.52. The van der Waals surface area contributed by atoms with Gasteiger partial charge < -0.3 is 14.5 Å². The topological polar surface area (TPSA) is 49.9 Å². The molecule has 0 aromatic rings. The van der Waals surface area contributed by atoms with E-state index in [1.165, 1.54) is 25.7 Å². The SMILES string of the molecule is CN(C(=O)C1CCN(C(=O)OC(C)(C)C)CC1)C1CCCCCC1. The van der Waals surface area contributed by atoms with Gasteiger partial charge in [0.05, 0.1) is 0 Å². The molecule has 5 heteroatoms. The van der Waals surface area contributed by atoms with E-state index < -0.39 is 5.60 Å². The van der Waals surface area contributed by atoms with Crippen molar-refractivity contribution in [3.8, 4) is 0 Å². The molecule has 2 amide bonds. The van der Waals surface area contributed by atoms with E-state index in [1.807, 2.05) is 32.7 Å². The second-order valence-electron chi connectivity index (χ2n) is 8.34. The van der Waals surface area contributed by atoms with Crippen molar-refractivity contribution < 1.29 is 14.3 Å². The maximum atomic E-state index is 12.8. The lowest BCUT2D eigenvalue weighted by Crippen LogP contribution is -2.47. The van der Waals surface area contributed by atoms with Gasteiger partial charge in [0.25, 0.3) is 0 Å². The van der Waals surface area contributed by atoms with E-state index in [0.717, 1.165) is 25.7 Å². The summed E-state index contributed by atoms with van der Waals surface area (Å²) in [6, 6.07) is 0.406. The van der Waals surface area contributed by atoms with Crippen molar-refractivity contribution >= 4 is 12.0 Å². The third-order valence-electron chi connectivity index (χ3n) is 5.22. The molecule has 0 aromatic carbocycles. The van der Waals surface area contributed by atoms with E-state index >= 15 is 0 Å². The molecule has 0 N–H and O–H groups in total. The van der Waals surface area contributed by atoms with Gasteiger partial charge in [-0.15, -0.1) is 0 Å². The molecule has 0 atom stereocenters. The zero-order valence-electron chi connectivity index (χ0n) is 15.8. The Morgan fingerprint density at radius 2 is 1.50 bits per heavy atom. The number of amides is 2.